The molecule has 0 saturated carbocycles. The zero-order chi connectivity index (χ0) is 14.7. The van der Waals surface area contributed by atoms with Crippen molar-refractivity contribution in [3.8, 4) is 0 Å². The first kappa shape index (κ1) is 17.3. The van der Waals surface area contributed by atoms with Gasteiger partial charge in [0.05, 0.1) is 7.11 Å². The van der Waals surface area contributed by atoms with Gasteiger partial charge in [0.1, 0.15) is 6.04 Å². The number of benzene rings is 1. The summed E-state index contributed by atoms with van der Waals surface area (Å²) in [5, 5.41) is 5.99. The third-order valence-corrected chi connectivity index (χ3v) is 3.49. The summed E-state index contributed by atoms with van der Waals surface area (Å²) in [4.78, 5) is 23.9. The molecular formula is C15H21ClN2O3. The molecule has 5 nitrogen and oxygen atoms in total. The lowest BCUT2D eigenvalue weighted by molar-refractivity contribution is -0.144. The van der Waals surface area contributed by atoms with Crippen molar-refractivity contribution in [2.45, 2.75) is 26.3 Å². The van der Waals surface area contributed by atoms with E-state index in [4.69, 9.17) is 4.74 Å². The highest BCUT2D eigenvalue weighted by Crippen LogP contribution is 2.23. The fourth-order valence-electron chi connectivity index (χ4n) is 2.30. The first-order valence-electron chi connectivity index (χ1n) is 6.78. The lowest BCUT2D eigenvalue weighted by atomic mass is 10.0. The third kappa shape index (κ3) is 3.88. The van der Waals surface area contributed by atoms with E-state index in [-0.39, 0.29) is 24.2 Å². The molecule has 1 atom stereocenters. The number of methoxy groups -OCH3 is 1. The van der Waals surface area contributed by atoms with E-state index < -0.39 is 12.0 Å². The number of hydrogen-bond acceptors (Lipinski definition) is 4. The van der Waals surface area contributed by atoms with Crippen LogP contribution in [0.4, 0.5) is 5.69 Å². The Hall–Kier alpha value is -1.75. The molecule has 1 unspecified atom stereocenters. The molecule has 21 heavy (non-hydrogen) atoms. The van der Waals surface area contributed by atoms with Crippen LogP contribution in [0.5, 0.6) is 0 Å². The predicted molar refractivity (Wildman–Crippen MR) is 84.0 cm³/mol. The van der Waals surface area contributed by atoms with E-state index in [1.165, 1.54) is 7.11 Å². The van der Waals surface area contributed by atoms with Crippen molar-refractivity contribution in [1.82, 2.24) is 5.32 Å². The van der Waals surface area contributed by atoms with Crippen LogP contribution in [0.15, 0.2) is 18.2 Å². The van der Waals surface area contributed by atoms with E-state index >= 15 is 0 Å². The van der Waals surface area contributed by atoms with Gasteiger partial charge in [0.15, 0.2) is 0 Å². The maximum Gasteiger partial charge on any atom is 0.328 e. The Morgan fingerprint density at radius 1 is 1.33 bits per heavy atom. The highest BCUT2D eigenvalue weighted by Gasteiger charge is 2.25. The summed E-state index contributed by atoms with van der Waals surface area (Å²) in [5.74, 6) is -0.692. The monoisotopic (exact) mass is 312 g/mol. The van der Waals surface area contributed by atoms with Gasteiger partial charge >= 0.3 is 5.97 Å². The van der Waals surface area contributed by atoms with Crippen LogP contribution < -0.4 is 10.6 Å². The molecule has 0 bridgehead atoms. The number of ether oxygens (including phenoxy) is 1. The largest absolute Gasteiger partial charge is 0.467 e. The Labute approximate surface area is 130 Å². The van der Waals surface area contributed by atoms with Crippen molar-refractivity contribution in [2.24, 2.45) is 5.92 Å². The van der Waals surface area contributed by atoms with Crippen LogP contribution in [0, 0.1) is 5.92 Å². The van der Waals surface area contributed by atoms with Crippen LogP contribution in [-0.2, 0) is 16.0 Å². The molecule has 1 aliphatic rings. The van der Waals surface area contributed by atoms with E-state index in [0.29, 0.717) is 5.56 Å². The lowest BCUT2D eigenvalue weighted by Crippen LogP contribution is -2.45. The number of carbonyl (C=O) groups excluding carboxylic acids is 2. The van der Waals surface area contributed by atoms with E-state index in [9.17, 15) is 9.59 Å². The van der Waals surface area contributed by atoms with Gasteiger partial charge in [-0.05, 0) is 36.1 Å². The van der Waals surface area contributed by atoms with E-state index in [0.717, 1.165) is 24.2 Å². The summed E-state index contributed by atoms with van der Waals surface area (Å²) in [6.07, 6.45) is 0.918. The topological polar surface area (TPSA) is 67.4 Å². The van der Waals surface area contributed by atoms with Gasteiger partial charge in [-0.25, -0.2) is 4.79 Å². The van der Waals surface area contributed by atoms with Crippen LogP contribution in [0.3, 0.4) is 0 Å². The normalized spacial score (nSPS) is 13.7. The van der Waals surface area contributed by atoms with Gasteiger partial charge < -0.3 is 15.4 Å². The SMILES string of the molecule is COC(=O)C(NC(=O)c1ccc2c(c1)CCN2)C(C)C.Cl. The molecule has 0 aliphatic carbocycles. The van der Waals surface area contributed by atoms with Crippen molar-refractivity contribution in [3.63, 3.8) is 0 Å². The maximum atomic E-state index is 12.2. The minimum absolute atomic E-state index is 0. The number of anilines is 1. The molecule has 0 saturated heterocycles. The van der Waals surface area contributed by atoms with Crippen LogP contribution >= 0.6 is 12.4 Å². The Morgan fingerprint density at radius 2 is 2.05 bits per heavy atom. The second-order valence-corrected chi connectivity index (χ2v) is 5.27. The van der Waals surface area contributed by atoms with Crippen LogP contribution in [0.25, 0.3) is 0 Å². The smallest absolute Gasteiger partial charge is 0.328 e. The molecule has 6 heteroatoms. The number of carbonyl (C=O) groups is 2. The van der Waals surface area contributed by atoms with Crippen LogP contribution in [0.1, 0.15) is 29.8 Å². The second kappa shape index (κ2) is 7.31. The summed E-state index contributed by atoms with van der Waals surface area (Å²) >= 11 is 0. The van der Waals surface area contributed by atoms with Gasteiger partial charge in [-0.1, -0.05) is 13.8 Å². The van der Waals surface area contributed by atoms with E-state index in [1.54, 1.807) is 6.07 Å². The third-order valence-electron chi connectivity index (χ3n) is 3.49. The molecule has 1 aromatic rings. The number of esters is 1. The van der Waals surface area contributed by atoms with Crippen molar-refractivity contribution in [3.05, 3.63) is 29.3 Å². The van der Waals surface area contributed by atoms with E-state index in [1.807, 2.05) is 26.0 Å². The number of amides is 1. The Kier molecular flexibility index (Phi) is 6.03. The van der Waals surface area contributed by atoms with Crippen molar-refractivity contribution >= 4 is 30.0 Å². The minimum atomic E-state index is -0.626. The number of fused-ring (bicyclic) bond motifs is 1. The fraction of sp³-hybridized carbons (Fsp3) is 0.467. The van der Waals surface area contributed by atoms with Crippen molar-refractivity contribution in [1.29, 1.82) is 0 Å². The average molecular weight is 313 g/mol. The van der Waals surface area contributed by atoms with Crippen molar-refractivity contribution in [2.75, 3.05) is 19.0 Å². The van der Waals surface area contributed by atoms with Gasteiger partial charge in [0, 0.05) is 17.8 Å². The highest BCUT2D eigenvalue weighted by atomic mass is 35.5. The molecule has 0 radical (unpaired) electrons. The maximum absolute atomic E-state index is 12.2. The predicted octanol–water partition coefficient (Wildman–Crippen LogP) is 2.00. The molecule has 1 heterocycles. The number of halogens is 1. The number of rotatable bonds is 4. The van der Waals surface area contributed by atoms with Gasteiger partial charge in [-0.2, -0.15) is 0 Å². The van der Waals surface area contributed by atoms with E-state index in [2.05, 4.69) is 10.6 Å². The Bertz CT molecular complexity index is 532. The molecule has 1 aromatic carbocycles. The first-order chi connectivity index (χ1) is 9.52. The number of hydrogen-bond donors (Lipinski definition) is 2. The average Bonchev–Trinajstić information content (AvgIpc) is 2.90. The van der Waals surface area contributed by atoms with Crippen LogP contribution in [0.2, 0.25) is 0 Å². The number of nitrogens with one attached hydrogen (secondary N) is 2. The summed E-state index contributed by atoms with van der Waals surface area (Å²) in [6, 6.07) is 4.92. The Balaban J connectivity index is 0.00000220. The second-order valence-electron chi connectivity index (χ2n) is 5.27. The Morgan fingerprint density at radius 3 is 2.67 bits per heavy atom. The molecule has 1 aliphatic heterocycles. The molecular weight excluding hydrogens is 292 g/mol. The van der Waals surface area contributed by atoms with Gasteiger partial charge in [0.25, 0.3) is 5.91 Å². The van der Waals surface area contributed by atoms with Crippen LogP contribution in [-0.4, -0.2) is 31.6 Å². The quantitative estimate of drug-likeness (QED) is 0.835. The summed E-state index contributed by atoms with van der Waals surface area (Å²) in [7, 11) is 1.32. The first-order valence-corrected chi connectivity index (χ1v) is 6.78. The minimum Gasteiger partial charge on any atom is -0.467 e. The zero-order valence-corrected chi connectivity index (χ0v) is 13.3. The molecule has 0 fully saturated rings. The molecule has 1 amide bonds. The van der Waals surface area contributed by atoms with Crippen molar-refractivity contribution < 1.29 is 14.3 Å². The molecule has 2 rings (SSSR count). The molecule has 116 valence electrons. The summed E-state index contributed by atoms with van der Waals surface area (Å²) in [6.45, 7) is 4.64. The summed E-state index contributed by atoms with van der Waals surface area (Å²) in [5.41, 5.74) is 2.79. The van der Waals surface area contributed by atoms with Gasteiger partial charge in [-0.3, -0.25) is 4.79 Å². The summed E-state index contributed by atoms with van der Waals surface area (Å²) < 4.78 is 4.72. The van der Waals surface area contributed by atoms with Gasteiger partial charge in [-0.15, -0.1) is 12.4 Å². The molecule has 0 aromatic heterocycles. The zero-order valence-electron chi connectivity index (χ0n) is 12.4. The van der Waals surface area contributed by atoms with Gasteiger partial charge in [0.2, 0.25) is 0 Å². The fourth-order valence-corrected chi connectivity index (χ4v) is 2.30. The molecule has 2 N–H and O–H groups in total. The highest BCUT2D eigenvalue weighted by molar-refractivity contribution is 5.97. The molecule has 0 spiro atoms. The standard InChI is InChI=1S/C15H20N2O3.ClH/c1-9(2)13(15(19)20-3)17-14(18)11-4-5-12-10(8-11)6-7-16-12;/h4-5,8-9,13,16H,6-7H2,1-3H3,(H,17,18);1H. The lowest BCUT2D eigenvalue weighted by Gasteiger charge is -2.20.